The van der Waals surface area contributed by atoms with Crippen LogP contribution < -0.4 is 10.2 Å². The van der Waals surface area contributed by atoms with E-state index in [9.17, 15) is 0 Å². The van der Waals surface area contributed by atoms with Crippen molar-refractivity contribution in [3.05, 3.63) is 6.33 Å². The second kappa shape index (κ2) is 5.83. The molecule has 0 fully saturated rings. The topological polar surface area (TPSA) is 73.0 Å². The molecule has 19 heavy (non-hydrogen) atoms. The minimum absolute atomic E-state index is 0.619. The lowest BCUT2D eigenvalue weighted by Crippen LogP contribution is -2.29. The number of anilines is 2. The molecule has 0 aliphatic heterocycles. The van der Waals surface area contributed by atoms with Crippen LogP contribution in [0.5, 0.6) is 0 Å². The maximum atomic E-state index is 4.55. The van der Waals surface area contributed by atoms with Gasteiger partial charge >= 0.3 is 0 Å². The van der Waals surface area contributed by atoms with Gasteiger partial charge < -0.3 is 20.1 Å². The largest absolute Gasteiger partial charge is 0.356 e. The summed E-state index contributed by atoms with van der Waals surface area (Å²) in [4.78, 5) is 20.5. The summed E-state index contributed by atoms with van der Waals surface area (Å²) < 4.78 is 0. The maximum absolute atomic E-state index is 4.55. The van der Waals surface area contributed by atoms with Gasteiger partial charge in [-0.3, -0.25) is 0 Å². The van der Waals surface area contributed by atoms with Gasteiger partial charge in [-0.25, -0.2) is 4.98 Å². The monoisotopic (exact) mass is 263 g/mol. The summed E-state index contributed by atoms with van der Waals surface area (Å²) in [5, 5.41) is 3.14. The first kappa shape index (κ1) is 13.5. The van der Waals surface area contributed by atoms with E-state index in [0.29, 0.717) is 11.6 Å². The average Bonchev–Trinajstić information content (AvgIpc) is 2.83. The van der Waals surface area contributed by atoms with E-state index >= 15 is 0 Å². The molecule has 0 aromatic carbocycles. The van der Waals surface area contributed by atoms with Gasteiger partial charge in [-0.2, -0.15) is 9.97 Å². The average molecular weight is 263 g/mol. The minimum atomic E-state index is 0.619. The molecule has 7 nitrogen and oxygen atoms in total. The zero-order chi connectivity index (χ0) is 13.8. The van der Waals surface area contributed by atoms with Crippen LogP contribution in [-0.4, -0.2) is 65.6 Å². The van der Waals surface area contributed by atoms with Crippen molar-refractivity contribution in [2.24, 2.45) is 0 Å². The van der Waals surface area contributed by atoms with Crippen molar-refractivity contribution in [2.45, 2.75) is 6.92 Å². The summed E-state index contributed by atoms with van der Waals surface area (Å²) in [6, 6.07) is 0. The Morgan fingerprint density at radius 2 is 2.00 bits per heavy atom. The summed E-state index contributed by atoms with van der Waals surface area (Å²) >= 11 is 0. The number of H-pyrrole nitrogens is 1. The highest BCUT2D eigenvalue weighted by molar-refractivity contribution is 5.84. The lowest BCUT2D eigenvalue weighted by atomic mass is 10.4. The molecule has 104 valence electrons. The summed E-state index contributed by atoms with van der Waals surface area (Å²) in [6.45, 7) is 4.67. The Hall–Kier alpha value is -1.89. The van der Waals surface area contributed by atoms with Crippen molar-refractivity contribution in [1.29, 1.82) is 0 Å². The number of fused-ring (bicyclic) bond motifs is 1. The first-order valence-corrected chi connectivity index (χ1v) is 6.42. The fourth-order valence-electron chi connectivity index (χ4n) is 1.79. The van der Waals surface area contributed by atoms with E-state index in [2.05, 4.69) is 49.1 Å². The van der Waals surface area contributed by atoms with E-state index in [-0.39, 0.29) is 0 Å². The summed E-state index contributed by atoms with van der Waals surface area (Å²) in [7, 11) is 6.15. The van der Waals surface area contributed by atoms with Gasteiger partial charge in [0.25, 0.3) is 0 Å². The molecule has 0 saturated heterocycles. The molecule has 0 unspecified atom stereocenters. The lowest BCUT2D eigenvalue weighted by Gasteiger charge is -2.21. The third kappa shape index (κ3) is 3.11. The molecule has 0 radical (unpaired) electrons. The third-order valence-corrected chi connectivity index (χ3v) is 2.85. The molecule has 2 aromatic heterocycles. The third-order valence-electron chi connectivity index (χ3n) is 2.85. The van der Waals surface area contributed by atoms with Crippen molar-refractivity contribution in [3.63, 3.8) is 0 Å². The van der Waals surface area contributed by atoms with Gasteiger partial charge in [-0.1, -0.05) is 0 Å². The predicted octanol–water partition coefficient (Wildman–Crippen LogP) is 0.782. The van der Waals surface area contributed by atoms with Crippen LogP contribution in [0.15, 0.2) is 6.33 Å². The molecule has 2 heterocycles. The molecule has 0 aliphatic carbocycles. The van der Waals surface area contributed by atoms with Crippen LogP contribution >= 0.6 is 0 Å². The van der Waals surface area contributed by atoms with E-state index in [4.69, 9.17) is 0 Å². The van der Waals surface area contributed by atoms with E-state index in [0.717, 1.165) is 31.0 Å². The zero-order valence-corrected chi connectivity index (χ0v) is 11.9. The molecule has 0 amide bonds. The highest BCUT2D eigenvalue weighted by Crippen LogP contribution is 2.21. The van der Waals surface area contributed by atoms with Crippen LogP contribution in [0.2, 0.25) is 0 Å². The number of aromatic amines is 1. The van der Waals surface area contributed by atoms with Crippen LogP contribution in [-0.2, 0) is 0 Å². The highest BCUT2D eigenvalue weighted by atomic mass is 15.2. The van der Waals surface area contributed by atoms with E-state index in [1.165, 1.54) is 0 Å². The second-order valence-corrected chi connectivity index (χ2v) is 4.73. The summed E-state index contributed by atoms with van der Waals surface area (Å²) in [5.74, 6) is 1.49. The van der Waals surface area contributed by atoms with E-state index < -0.39 is 0 Å². The van der Waals surface area contributed by atoms with Crippen molar-refractivity contribution < 1.29 is 0 Å². The summed E-state index contributed by atoms with van der Waals surface area (Å²) in [5.41, 5.74) is 1.57. The molecule has 2 rings (SSSR count). The van der Waals surface area contributed by atoms with Gasteiger partial charge in [-0.05, 0) is 21.0 Å². The molecular weight excluding hydrogens is 242 g/mol. The first-order chi connectivity index (χ1) is 9.11. The Kier molecular flexibility index (Phi) is 4.16. The molecule has 0 spiro atoms. The van der Waals surface area contributed by atoms with Crippen LogP contribution in [0.4, 0.5) is 11.8 Å². The quantitative estimate of drug-likeness (QED) is 0.802. The molecule has 2 N–H and O–H groups in total. The van der Waals surface area contributed by atoms with Crippen LogP contribution in [0.1, 0.15) is 6.92 Å². The van der Waals surface area contributed by atoms with Crippen LogP contribution in [0.25, 0.3) is 11.2 Å². The van der Waals surface area contributed by atoms with E-state index in [1.807, 2.05) is 14.0 Å². The molecule has 0 saturated carbocycles. The van der Waals surface area contributed by atoms with Crippen molar-refractivity contribution in [2.75, 3.05) is 51.0 Å². The molecule has 7 heteroatoms. The smallest absolute Gasteiger partial charge is 0.226 e. The van der Waals surface area contributed by atoms with E-state index in [1.54, 1.807) is 6.33 Å². The number of hydrogen-bond acceptors (Lipinski definition) is 6. The van der Waals surface area contributed by atoms with Crippen molar-refractivity contribution in [3.8, 4) is 0 Å². The number of imidazole rings is 1. The second-order valence-electron chi connectivity index (χ2n) is 4.73. The first-order valence-electron chi connectivity index (χ1n) is 6.42. The molecule has 0 atom stereocenters. The Morgan fingerprint density at radius 3 is 2.68 bits per heavy atom. The number of likely N-dealkylation sites (N-methyl/N-ethyl adjacent to an activating group) is 2. The lowest BCUT2D eigenvalue weighted by molar-refractivity contribution is 0.416. The van der Waals surface area contributed by atoms with Crippen LogP contribution in [0.3, 0.4) is 0 Å². The predicted molar refractivity (Wildman–Crippen MR) is 77.7 cm³/mol. The Bertz CT molecular complexity index is 534. The Labute approximate surface area is 113 Å². The summed E-state index contributed by atoms with van der Waals surface area (Å²) in [6.07, 6.45) is 1.65. The highest BCUT2D eigenvalue weighted by Gasteiger charge is 2.13. The van der Waals surface area contributed by atoms with Gasteiger partial charge in [0.2, 0.25) is 5.95 Å². The molecule has 0 aliphatic rings. The van der Waals surface area contributed by atoms with Crippen molar-refractivity contribution >= 4 is 22.9 Å². The van der Waals surface area contributed by atoms with Crippen molar-refractivity contribution in [1.82, 2.24) is 24.8 Å². The van der Waals surface area contributed by atoms with Gasteiger partial charge in [0.1, 0.15) is 5.52 Å². The SMILES string of the molecule is CCNc1nc(N(C)CCN(C)C)c2[nH]cnc2n1. The number of aromatic nitrogens is 4. The van der Waals surface area contributed by atoms with Crippen LogP contribution in [0, 0.1) is 0 Å². The minimum Gasteiger partial charge on any atom is -0.356 e. The number of rotatable bonds is 6. The maximum Gasteiger partial charge on any atom is 0.226 e. The molecule has 2 aromatic rings. The number of hydrogen-bond donors (Lipinski definition) is 2. The fraction of sp³-hybridized carbons (Fsp3) is 0.583. The normalized spacial score (nSPS) is 11.2. The van der Waals surface area contributed by atoms with Gasteiger partial charge in [0.05, 0.1) is 6.33 Å². The van der Waals surface area contributed by atoms with Gasteiger partial charge in [0, 0.05) is 26.7 Å². The standard InChI is InChI=1S/C12H21N7/c1-5-13-12-16-10-9(14-8-15-10)11(17-12)19(4)7-6-18(2)3/h8H,5-7H2,1-4H3,(H2,13,14,15,16,17). The van der Waals surface area contributed by atoms with Gasteiger partial charge in [-0.15, -0.1) is 0 Å². The molecular formula is C12H21N7. The fourth-order valence-corrected chi connectivity index (χ4v) is 1.79. The number of nitrogens with one attached hydrogen (secondary N) is 2. The van der Waals surface area contributed by atoms with Gasteiger partial charge in [0.15, 0.2) is 11.5 Å². The Balaban J connectivity index is 2.31. The Morgan fingerprint density at radius 1 is 1.21 bits per heavy atom. The zero-order valence-electron chi connectivity index (χ0n) is 11.9. The molecule has 0 bridgehead atoms. The number of nitrogens with zero attached hydrogens (tertiary/aromatic N) is 5.